The summed E-state index contributed by atoms with van der Waals surface area (Å²) in [7, 11) is 0. The molecule has 4 nitrogen and oxygen atoms in total. The summed E-state index contributed by atoms with van der Waals surface area (Å²) in [5.74, 6) is -0.00252. The highest BCUT2D eigenvalue weighted by molar-refractivity contribution is 9.10. The average molecular weight is 359 g/mol. The van der Waals surface area contributed by atoms with Crippen molar-refractivity contribution in [3.63, 3.8) is 0 Å². The van der Waals surface area contributed by atoms with Gasteiger partial charge >= 0.3 is 6.18 Å². The first-order valence-corrected chi connectivity index (χ1v) is 7.04. The summed E-state index contributed by atoms with van der Waals surface area (Å²) in [4.78, 5) is 12.0. The number of nitrogens with zero attached hydrogens (tertiary/aromatic N) is 3. The largest absolute Gasteiger partial charge is 0.433 e. The van der Waals surface area contributed by atoms with E-state index in [9.17, 15) is 13.2 Å². The molecule has 0 fully saturated rings. The second kappa shape index (κ2) is 5.34. The molecule has 0 aromatic carbocycles. The number of hydrogen-bond acceptors (Lipinski definition) is 4. The topological polar surface area (TPSA) is 50.7 Å². The maximum absolute atomic E-state index is 13.2. The van der Waals surface area contributed by atoms with Crippen LogP contribution in [0.15, 0.2) is 22.8 Å². The summed E-state index contributed by atoms with van der Waals surface area (Å²) >= 11 is 3.23. The minimum absolute atomic E-state index is 0.00252. The molecule has 1 N–H and O–H groups in total. The Labute approximate surface area is 127 Å². The molecular weight excluding hydrogens is 349 g/mol. The highest BCUT2D eigenvalue weighted by Gasteiger charge is 2.38. The van der Waals surface area contributed by atoms with Crippen LogP contribution in [0.4, 0.5) is 13.2 Å². The van der Waals surface area contributed by atoms with Gasteiger partial charge in [0.25, 0.3) is 0 Å². The van der Waals surface area contributed by atoms with E-state index in [1.54, 1.807) is 12.1 Å². The molecule has 21 heavy (non-hydrogen) atoms. The van der Waals surface area contributed by atoms with E-state index in [0.717, 1.165) is 4.47 Å². The van der Waals surface area contributed by atoms with Crippen molar-refractivity contribution in [2.45, 2.75) is 19.1 Å². The van der Waals surface area contributed by atoms with E-state index < -0.39 is 11.9 Å². The monoisotopic (exact) mass is 358 g/mol. The van der Waals surface area contributed by atoms with Gasteiger partial charge in [-0.15, -0.1) is 0 Å². The maximum Gasteiger partial charge on any atom is 0.433 e. The summed E-state index contributed by atoms with van der Waals surface area (Å²) in [6.07, 6.45) is -2.71. The van der Waals surface area contributed by atoms with Gasteiger partial charge in [-0.2, -0.15) is 13.2 Å². The van der Waals surface area contributed by atoms with Crippen molar-refractivity contribution < 1.29 is 13.2 Å². The molecule has 2 aromatic rings. The van der Waals surface area contributed by atoms with E-state index in [2.05, 4.69) is 36.2 Å². The van der Waals surface area contributed by atoms with Gasteiger partial charge in [0.2, 0.25) is 0 Å². The van der Waals surface area contributed by atoms with Crippen molar-refractivity contribution in [2.24, 2.45) is 0 Å². The first-order chi connectivity index (χ1) is 9.95. The van der Waals surface area contributed by atoms with Crippen molar-refractivity contribution in [3.8, 4) is 11.5 Å². The predicted molar refractivity (Wildman–Crippen MR) is 73.4 cm³/mol. The number of aromatic nitrogens is 3. The van der Waals surface area contributed by atoms with E-state index in [0.29, 0.717) is 24.5 Å². The van der Waals surface area contributed by atoms with Crippen molar-refractivity contribution in [1.82, 2.24) is 20.3 Å². The van der Waals surface area contributed by atoms with E-state index >= 15 is 0 Å². The van der Waals surface area contributed by atoms with Crippen molar-refractivity contribution >= 4 is 15.9 Å². The van der Waals surface area contributed by atoms with Crippen molar-refractivity contribution in [2.75, 3.05) is 6.54 Å². The lowest BCUT2D eigenvalue weighted by Gasteiger charge is -2.21. The summed E-state index contributed by atoms with van der Waals surface area (Å²) in [6.45, 7) is 0.805. The van der Waals surface area contributed by atoms with Gasteiger partial charge in [0.15, 0.2) is 11.5 Å². The van der Waals surface area contributed by atoms with Crippen LogP contribution < -0.4 is 5.32 Å². The lowest BCUT2D eigenvalue weighted by Crippen LogP contribution is -2.29. The standard InChI is InChI=1S/C13H10BrF3N4/c14-7-1-2-9(19-5-7)12-20-10-6-18-4-3-8(10)11(21-12)13(15,16)17/h1-2,5,18H,3-4,6H2. The molecule has 1 aliphatic rings. The van der Waals surface area contributed by atoms with Crippen LogP contribution in [-0.2, 0) is 19.1 Å². The van der Waals surface area contributed by atoms with E-state index in [4.69, 9.17) is 0 Å². The second-order valence-electron chi connectivity index (χ2n) is 4.61. The number of halogens is 4. The number of fused-ring (bicyclic) bond motifs is 1. The molecule has 8 heteroatoms. The molecule has 0 spiro atoms. The number of rotatable bonds is 1. The normalized spacial score (nSPS) is 14.9. The second-order valence-corrected chi connectivity index (χ2v) is 5.52. The molecule has 0 saturated carbocycles. The zero-order valence-electron chi connectivity index (χ0n) is 10.7. The van der Waals surface area contributed by atoms with Gasteiger partial charge in [0, 0.05) is 22.8 Å². The Morgan fingerprint density at radius 1 is 1.19 bits per heavy atom. The lowest BCUT2D eigenvalue weighted by atomic mass is 10.0. The molecule has 3 heterocycles. The number of nitrogens with one attached hydrogen (secondary N) is 1. The first kappa shape index (κ1) is 14.4. The Morgan fingerprint density at radius 2 is 2.00 bits per heavy atom. The Hall–Kier alpha value is -1.54. The SMILES string of the molecule is FC(F)(F)c1nc(-c2ccc(Br)cn2)nc2c1CCNC2. The Balaban J connectivity index is 2.16. The summed E-state index contributed by atoms with van der Waals surface area (Å²) in [5.41, 5.74) is 0.0381. The molecule has 0 bridgehead atoms. The van der Waals surface area contributed by atoms with E-state index in [1.165, 1.54) is 6.20 Å². The van der Waals surface area contributed by atoms with Crippen LogP contribution in [-0.4, -0.2) is 21.5 Å². The lowest BCUT2D eigenvalue weighted by molar-refractivity contribution is -0.142. The van der Waals surface area contributed by atoms with Crippen LogP contribution in [0, 0.1) is 0 Å². The van der Waals surface area contributed by atoms with Crippen LogP contribution >= 0.6 is 15.9 Å². The Kier molecular flexibility index (Phi) is 3.66. The quantitative estimate of drug-likeness (QED) is 0.851. The molecule has 0 atom stereocenters. The summed E-state index contributed by atoms with van der Waals surface area (Å²) in [6, 6.07) is 3.28. The molecule has 0 amide bonds. The smallest absolute Gasteiger partial charge is 0.311 e. The molecule has 110 valence electrons. The van der Waals surface area contributed by atoms with Crippen molar-refractivity contribution in [3.05, 3.63) is 39.8 Å². The molecular formula is C13H10BrF3N4. The molecule has 3 rings (SSSR count). The fraction of sp³-hybridized carbons (Fsp3) is 0.308. The fourth-order valence-electron chi connectivity index (χ4n) is 2.22. The van der Waals surface area contributed by atoms with Gasteiger partial charge in [-0.3, -0.25) is 4.98 Å². The summed E-state index contributed by atoms with van der Waals surface area (Å²) in [5, 5.41) is 3.02. The van der Waals surface area contributed by atoms with Crippen LogP contribution in [0.25, 0.3) is 11.5 Å². The van der Waals surface area contributed by atoms with Crippen LogP contribution in [0.3, 0.4) is 0 Å². The zero-order valence-corrected chi connectivity index (χ0v) is 12.3. The molecule has 2 aromatic heterocycles. The van der Waals surface area contributed by atoms with Gasteiger partial charge in [-0.1, -0.05) is 0 Å². The van der Waals surface area contributed by atoms with Gasteiger partial charge < -0.3 is 5.32 Å². The minimum atomic E-state index is -4.49. The molecule has 0 saturated heterocycles. The van der Waals surface area contributed by atoms with Gasteiger partial charge in [-0.25, -0.2) is 9.97 Å². The number of alkyl halides is 3. The third-order valence-electron chi connectivity index (χ3n) is 3.16. The third kappa shape index (κ3) is 2.91. The highest BCUT2D eigenvalue weighted by atomic mass is 79.9. The zero-order chi connectivity index (χ0) is 15.0. The molecule has 0 unspecified atom stereocenters. The van der Waals surface area contributed by atoms with Gasteiger partial charge in [0.1, 0.15) is 5.69 Å². The first-order valence-electron chi connectivity index (χ1n) is 6.25. The summed E-state index contributed by atoms with van der Waals surface area (Å²) < 4.78 is 40.3. The number of pyridine rings is 1. The Morgan fingerprint density at radius 3 is 2.67 bits per heavy atom. The van der Waals surface area contributed by atoms with Crippen LogP contribution in [0.1, 0.15) is 17.0 Å². The molecule has 0 radical (unpaired) electrons. The highest BCUT2D eigenvalue weighted by Crippen LogP contribution is 2.34. The average Bonchev–Trinajstić information content (AvgIpc) is 2.46. The predicted octanol–water partition coefficient (Wildman–Crippen LogP) is 2.97. The van der Waals surface area contributed by atoms with Gasteiger partial charge in [-0.05, 0) is 41.0 Å². The molecule has 1 aliphatic heterocycles. The van der Waals surface area contributed by atoms with Crippen molar-refractivity contribution in [1.29, 1.82) is 0 Å². The van der Waals surface area contributed by atoms with Gasteiger partial charge in [0.05, 0.1) is 5.69 Å². The Bertz CT molecular complexity index is 670. The minimum Gasteiger partial charge on any atom is -0.311 e. The number of hydrogen-bond donors (Lipinski definition) is 1. The van der Waals surface area contributed by atoms with E-state index in [1.807, 2.05) is 0 Å². The fourth-order valence-corrected chi connectivity index (χ4v) is 2.45. The van der Waals surface area contributed by atoms with E-state index in [-0.39, 0.29) is 17.8 Å². The molecule has 0 aliphatic carbocycles. The third-order valence-corrected chi connectivity index (χ3v) is 3.63. The van der Waals surface area contributed by atoms with Crippen LogP contribution in [0.5, 0.6) is 0 Å². The maximum atomic E-state index is 13.2. The van der Waals surface area contributed by atoms with Crippen LogP contribution in [0.2, 0.25) is 0 Å².